The third kappa shape index (κ3) is 2.84. The number of carbonyl (C=O) groups is 1. The van der Waals surface area contributed by atoms with E-state index in [1.807, 2.05) is 0 Å². The summed E-state index contributed by atoms with van der Waals surface area (Å²) in [5.41, 5.74) is 5.99. The number of carboxylic acid groups (broad SMARTS) is 1. The smallest absolute Gasteiger partial charge is 0.407 e. The molecule has 1 amide bonds. The van der Waals surface area contributed by atoms with Crippen LogP contribution in [0.2, 0.25) is 0 Å². The molecule has 1 aliphatic rings. The fourth-order valence-corrected chi connectivity index (χ4v) is 2.51. The summed E-state index contributed by atoms with van der Waals surface area (Å²) in [5, 5.41) is 9.19. The van der Waals surface area contributed by atoms with Crippen LogP contribution < -0.4 is 5.73 Å². The van der Waals surface area contributed by atoms with Crippen LogP contribution in [-0.2, 0) is 0 Å². The zero-order valence-electron chi connectivity index (χ0n) is 9.86. The van der Waals surface area contributed by atoms with E-state index >= 15 is 0 Å². The lowest BCUT2D eigenvalue weighted by atomic mass is 9.81. The minimum atomic E-state index is -0.840. The Morgan fingerprint density at radius 3 is 2.47 bits per heavy atom. The highest BCUT2D eigenvalue weighted by molar-refractivity contribution is 5.65. The van der Waals surface area contributed by atoms with E-state index in [-0.39, 0.29) is 17.5 Å². The summed E-state index contributed by atoms with van der Waals surface area (Å²) in [6.07, 6.45) is 2.03. The van der Waals surface area contributed by atoms with E-state index in [1.165, 1.54) is 4.90 Å². The van der Waals surface area contributed by atoms with Gasteiger partial charge in [-0.3, -0.25) is 0 Å². The van der Waals surface area contributed by atoms with E-state index in [1.54, 1.807) is 0 Å². The Bertz CT molecular complexity index is 235. The van der Waals surface area contributed by atoms with E-state index < -0.39 is 6.09 Å². The molecule has 1 heterocycles. The molecule has 1 rings (SSSR count). The molecule has 4 heteroatoms. The fourth-order valence-electron chi connectivity index (χ4n) is 2.51. The van der Waals surface area contributed by atoms with Crippen LogP contribution in [0, 0.1) is 5.41 Å². The average molecular weight is 214 g/mol. The van der Waals surface area contributed by atoms with Gasteiger partial charge in [0, 0.05) is 12.6 Å². The Kier molecular flexibility index (Phi) is 3.60. The number of rotatable bonds is 0. The molecule has 1 fully saturated rings. The maximum Gasteiger partial charge on any atom is 0.407 e. The van der Waals surface area contributed by atoms with Crippen LogP contribution in [0.25, 0.3) is 0 Å². The lowest BCUT2D eigenvalue weighted by Crippen LogP contribution is -2.55. The molecule has 0 aromatic heterocycles. The van der Waals surface area contributed by atoms with Crippen molar-refractivity contribution in [1.82, 2.24) is 4.90 Å². The van der Waals surface area contributed by atoms with Crippen LogP contribution in [0.15, 0.2) is 0 Å². The third-order valence-corrected chi connectivity index (χ3v) is 3.06. The normalized spacial score (nSPS) is 28.7. The molecule has 2 atom stereocenters. The first-order valence-electron chi connectivity index (χ1n) is 5.59. The van der Waals surface area contributed by atoms with Gasteiger partial charge < -0.3 is 15.7 Å². The van der Waals surface area contributed by atoms with Gasteiger partial charge in [0.05, 0.1) is 6.04 Å². The lowest BCUT2D eigenvalue weighted by molar-refractivity contribution is 0.0749. The van der Waals surface area contributed by atoms with Crippen LogP contribution in [0.4, 0.5) is 4.79 Å². The van der Waals surface area contributed by atoms with Crippen LogP contribution in [0.5, 0.6) is 0 Å². The van der Waals surface area contributed by atoms with E-state index in [0.717, 1.165) is 19.3 Å². The molecule has 0 radical (unpaired) electrons. The average Bonchev–Trinajstić information content (AvgIpc) is 2.24. The van der Waals surface area contributed by atoms with Gasteiger partial charge >= 0.3 is 6.09 Å². The van der Waals surface area contributed by atoms with Gasteiger partial charge in [0.2, 0.25) is 0 Å². The molecule has 1 saturated heterocycles. The predicted molar refractivity (Wildman–Crippen MR) is 59.8 cm³/mol. The molecular weight excluding hydrogens is 192 g/mol. The van der Waals surface area contributed by atoms with Gasteiger partial charge in [-0.25, -0.2) is 4.79 Å². The van der Waals surface area contributed by atoms with Crippen molar-refractivity contribution in [3.8, 4) is 0 Å². The summed E-state index contributed by atoms with van der Waals surface area (Å²) in [5.74, 6) is 0. The molecule has 0 spiro atoms. The van der Waals surface area contributed by atoms with Gasteiger partial charge in [-0.15, -0.1) is 0 Å². The zero-order valence-corrected chi connectivity index (χ0v) is 9.86. The number of likely N-dealkylation sites (tertiary alicyclic amines) is 1. The van der Waals surface area contributed by atoms with E-state index in [4.69, 9.17) is 5.73 Å². The van der Waals surface area contributed by atoms with E-state index in [0.29, 0.717) is 6.54 Å². The number of nitrogens with two attached hydrogens (primary N) is 1. The summed E-state index contributed by atoms with van der Waals surface area (Å²) in [6, 6.07) is -0.110. The molecule has 3 N–H and O–H groups in total. The minimum Gasteiger partial charge on any atom is -0.465 e. The molecule has 15 heavy (non-hydrogen) atoms. The van der Waals surface area contributed by atoms with Crippen molar-refractivity contribution in [2.24, 2.45) is 11.1 Å². The Balaban J connectivity index is 2.94. The highest BCUT2D eigenvalue weighted by atomic mass is 16.4. The van der Waals surface area contributed by atoms with Crippen molar-refractivity contribution in [3.63, 3.8) is 0 Å². The number of amides is 1. The number of nitrogens with zero attached hydrogens (tertiary/aromatic N) is 1. The molecule has 0 bridgehead atoms. The number of hydrogen-bond donors (Lipinski definition) is 2. The van der Waals surface area contributed by atoms with Crippen molar-refractivity contribution in [2.75, 3.05) is 6.54 Å². The SMILES string of the molecule is CC(C)(C)C1C(N)CCCCN1C(=O)O. The summed E-state index contributed by atoms with van der Waals surface area (Å²) in [7, 11) is 0. The standard InChI is InChI=1S/C11H22N2O2/c1-11(2,3)9-8(12)6-4-5-7-13(9)10(14)15/h8-9H,4-7,12H2,1-3H3,(H,14,15). The molecule has 0 saturated carbocycles. The monoisotopic (exact) mass is 214 g/mol. The molecular formula is C11H22N2O2. The van der Waals surface area contributed by atoms with Crippen LogP contribution in [0.1, 0.15) is 40.0 Å². The summed E-state index contributed by atoms with van der Waals surface area (Å²) < 4.78 is 0. The first-order chi connectivity index (χ1) is 6.84. The Labute approximate surface area is 91.4 Å². The second-order valence-electron chi connectivity index (χ2n) is 5.45. The van der Waals surface area contributed by atoms with Crippen molar-refractivity contribution in [2.45, 2.75) is 52.1 Å². The lowest BCUT2D eigenvalue weighted by Gasteiger charge is -2.40. The highest BCUT2D eigenvalue weighted by Gasteiger charge is 2.38. The van der Waals surface area contributed by atoms with Gasteiger partial charge in [-0.1, -0.05) is 27.2 Å². The van der Waals surface area contributed by atoms with Gasteiger partial charge in [0.15, 0.2) is 0 Å². The van der Waals surface area contributed by atoms with Gasteiger partial charge in [0.25, 0.3) is 0 Å². The molecule has 0 aliphatic carbocycles. The molecule has 0 aromatic carbocycles. The van der Waals surface area contributed by atoms with Gasteiger partial charge in [-0.2, -0.15) is 0 Å². The predicted octanol–water partition coefficient (Wildman–Crippen LogP) is 1.89. The minimum absolute atomic E-state index is 0.0383. The number of hydrogen-bond acceptors (Lipinski definition) is 2. The highest BCUT2D eigenvalue weighted by Crippen LogP contribution is 2.30. The van der Waals surface area contributed by atoms with Crippen molar-refractivity contribution >= 4 is 6.09 Å². The molecule has 88 valence electrons. The van der Waals surface area contributed by atoms with Crippen molar-refractivity contribution in [1.29, 1.82) is 0 Å². The quantitative estimate of drug-likeness (QED) is 0.647. The Morgan fingerprint density at radius 2 is 2.00 bits per heavy atom. The van der Waals surface area contributed by atoms with Crippen molar-refractivity contribution < 1.29 is 9.90 Å². The molecule has 1 aliphatic heterocycles. The van der Waals surface area contributed by atoms with Crippen LogP contribution in [0.3, 0.4) is 0 Å². The van der Waals surface area contributed by atoms with E-state index in [2.05, 4.69) is 20.8 Å². The zero-order chi connectivity index (χ0) is 11.6. The summed E-state index contributed by atoms with van der Waals surface area (Å²) in [6.45, 7) is 6.78. The van der Waals surface area contributed by atoms with Crippen molar-refractivity contribution in [3.05, 3.63) is 0 Å². The molecule has 2 unspecified atom stereocenters. The largest absolute Gasteiger partial charge is 0.465 e. The first-order valence-corrected chi connectivity index (χ1v) is 5.59. The van der Waals surface area contributed by atoms with Crippen LogP contribution in [-0.4, -0.2) is 34.7 Å². The molecule has 0 aromatic rings. The fraction of sp³-hybridized carbons (Fsp3) is 0.909. The second-order valence-corrected chi connectivity index (χ2v) is 5.45. The second kappa shape index (κ2) is 4.39. The first kappa shape index (κ1) is 12.3. The summed E-state index contributed by atoms with van der Waals surface area (Å²) in [4.78, 5) is 12.7. The Hall–Kier alpha value is -0.770. The van der Waals surface area contributed by atoms with Gasteiger partial charge in [-0.05, 0) is 18.3 Å². The van der Waals surface area contributed by atoms with Crippen LogP contribution >= 0.6 is 0 Å². The summed E-state index contributed by atoms with van der Waals surface area (Å²) >= 11 is 0. The maximum absolute atomic E-state index is 11.2. The molecule has 4 nitrogen and oxygen atoms in total. The van der Waals surface area contributed by atoms with E-state index in [9.17, 15) is 9.90 Å². The topological polar surface area (TPSA) is 66.6 Å². The van der Waals surface area contributed by atoms with Gasteiger partial charge in [0.1, 0.15) is 0 Å². The maximum atomic E-state index is 11.2. The third-order valence-electron chi connectivity index (χ3n) is 3.06. The Morgan fingerprint density at radius 1 is 1.40 bits per heavy atom.